The van der Waals surface area contributed by atoms with Crippen molar-refractivity contribution in [3.63, 3.8) is 0 Å². The lowest BCUT2D eigenvalue weighted by atomic mass is 10.1. The molecule has 18 heavy (non-hydrogen) atoms. The zero-order valence-electron chi connectivity index (χ0n) is 9.42. The van der Waals surface area contributed by atoms with Crippen molar-refractivity contribution >= 4 is 22.3 Å². The van der Waals surface area contributed by atoms with Crippen molar-refractivity contribution in [3.05, 3.63) is 48.9 Å². The second-order valence-electron chi connectivity index (χ2n) is 4.12. The number of aromatic nitrogens is 2. The fourth-order valence-electron chi connectivity index (χ4n) is 2.16. The van der Waals surface area contributed by atoms with Crippen molar-refractivity contribution in [1.29, 1.82) is 0 Å². The van der Waals surface area contributed by atoms with Crippen molar-refractivity contribution in [2.75, 3.05) is 5.32 Å². The van der Waals surface area contributed by atoms with Crippen LogP contribution in [0.25, 0.3) is 10.9 Å². The third-order valence-corrected chi connectivity index (χ3v) is 3.02. The van der Waals surface area contributed by atoms with Gasteiger partial charge in [-0.3, -0.25) is 0 Å². The van der Waals surface area contributed by atoms with Crippen LogP contribution < -0.4 is 10.1 Å². The van der Waals surface area contributed by atoms with Crippen molar-refractivity contribution in [2.24, 2.45) is 0 Å². The Hall–Kier alpha value is -2.62. The summed E-state index contributed by atoms with van der Waals surface area (Å²) in [6.45, 7) is 0. The quantitative estimate of drug-likeness (QED) is 0.507. The molecule has 4 rings (SSSR count). The SMILES string of the molecule is c1ccc2c(c1)Nc1c(ccc3ncncc13)O2. The number of nitrogens with zero attached hydrogens (tertiary/aromatic N) is 2. The molecule has 1 aliphatic heterocycles. The number of nitrogens with one attached hydrogen (secondary N) is 1. The molecule has 2 heterocycles. The second kappa shape index (κ2) is 3.43. The minimum Gasteiger partial charge on any atom is -0.453 e. The van der Waals surface area contributed by atoms with E-state index in [0.29, 0.717) is 0 Å². The maximum atomic E-state index is 5.87. The maximum absolute atomic E-state index is 5.87. The lowest BCUT2D eigenvalue weighted by Crippen LogP contribution is -2.03. The highest BCUT2D eigenvalue weighted by Gasteiger charge is 2.18. The number of fused-ring (bicyclic) bond motifs is 4. The summed E-state index contributed by atoms with van der Waals surface area (Å²) in [5, 5.41) is 4.34. The molecule has 86 valence electrons. The molecule has 1 aromatic heterocycles. The Morgan fingerprint density at radius 1 is 1.00 bits per heavy atom. The van der Waals surface area contributed by atoms with Crippen molar-refractivity contribution in [1.82, 2.24) is 9.97 Å². The molecule has 0 amide bonds. The molecular formula is C14H9N3O. The van der Waals surface area contributed by atoms with E-state index in [2.05, 4.69) is 15.3 Å². The van der Waals surface area contributed by atoms with Crippen LogP contribution in [0, 0.1) is 0 Å². The number of hydrogen-bond acceptors (Lipinski definition) is 4. The van der Waals surface area contributed by atoms with Gasteiger partial charge in [-0.25, -0.2) is 9.97 Å². The van der Waals surface area contributed by atoms with E-state index in [4.69, 9.17) is 4.74 Å². The molecule has 0 spiro atoms. The van der Waals surface area contributed by atoms with Crippen LogP contribution in [0.4, 0.5) is 11.4 Å². The van der Waals surface area contributed by atoms with Gasteiger partial charge in [-0.05, 0) is 24.3 Å². The number of ether oxygens (including phenoxy) is 1. The normalized spacial score (nSPS) is 12.2. The lowest BCUT2D eigenvalue weighted by Gasteiger charge is -2.22. The van der Waals surface area contributed by atoms with Crippen LogP contribution in [0.3, 0.4) is 0 Å². The van der Waals surface area contributed by atoms with Crippen LogP contribution >= 0.6 is 0 Å². The van der Waals surface area contributed by atoms with Crippen molar-refractivity contribution in [2.45, 2.75) is 0 Å². The maximum Gasteiger partial charge on any atom is 0.151 e. The Balaban J connectivity index is 1.98. The minimum absolute atomic E-state index is 0.802. The van der Waals surface area contributed by atoms with Crippen LogP contribution in [0.5, 0.6) is 11.5 Å². The topological polar surface area (TPSA) is 47.0 Å². The zero-order valence-corrected chi connectivity index (χ0v) is 9.42. The highest BCUT2D eigenvalue weighted by Crippen LogP contribution is 2.44. The van der Waals surface area contributed by atoms with Gasteiger partial charge in [0.25, 0.3) is 0 Å². The van der Waals surface area contributed by atoms with Crippen LogP contribution in [0.15, 0.2) is 48.9 Å². The van der Waals surface area contributed by atoms with Crippen LogP contribution in [0.2, 0.25) is 0 Å². The number of hydrogen-bond donors (Lipinski definition) is 1. The Bertz CT molecular complexity index is 755. The third kappa shape index (κ3) is 1.26. The first-order chi connectivity index (χ1) is 8.92. The van der Waals surface area contributed by atoms with Gasteiger partial charge in [0.2, 0.25) is 0 Å². The van der Waals surface area contributed by atoms with Gasteiger partial charge >= 0.3 is 0 Å². The zero-order chi connectivity index (χ0) is 11.9. The smallest absolute Gasteiger partial charge is 0.151 e. The van der Waals surface area contributed by atoms with E-state index in [1.807, 2.05) is 36.4 Å². The summed E-state index contributed by atoms with van der Waals surface area (Å²) in [6, 6.07) is 11.7. The number of benzene rings is 2. The van der Waals surface area contributed by atoms with Crippen molar-refractivity contribution < 1.29 is 4.74 Å². The van der Waals surface area contributed by atoms with Gasteiger partial charge < -0.3 is 10.1 Å². The van der Waals surface area contributed by atoms with E-state index in [9.17, 15) is 0 Å². The molecule has 2 aromatic carbocycles. The number of anilines is 2. The van der Waals surface area contributed by atoms with Gasteiger partial charge in [0.05, 0.1) is 16.9 Å². The standard InChI is InChI=1S/C14H9N3O/c1-2-4-12-11(3-1)17-14-9-7-15-8-16-10(9)5-6-13(14)18-12/h1-8,17H. The van der Waals surface area contributed by atoms with Gasteiger partial charge in [0, 0.05) is 11.6 Å². The molecule has 4 heteroatoms. The summed E-state index contributed by atoms with van der Waals surface area (Å²) in [7, 11) is 0. The van der Waals surface area contributed by atoms with Gasteiger partial charge in [0.1, 0.15) is 6.33 Å². The predicted molar refractivity (Wildman–Crippen MR) is 69.3 cm³/mol. The van der Waals surface area contributed by atoms with Crippen LogP contribution in [-0.2, 0) is 0 Å². The molecular weight excluding hydrogens is 226 g/mol. The Labute approximate surface area is 103 Å². The summed E-state index contributed by atoms with van der Waals surface area (Å²) in [6.07, 6.45) is 3.35. The van der Waals surface area contributed by atoms with Crippen molar-refractivity contribution in [3.8, 4) is 11.5 Å². The Morgan fingerprint density at radius 3 is 2.94 bits per heavy atom. The largest absolute Gasteiger partial charge is 0.453 e. The molecule has 0 saturated heterocycles. The highest BCUT2D eigenvalue weighted by atomic mass is 16.5. The number of rotatable bonds is 0. The molecule has 0 saturated carbocycles. The van der Waals surface area contributed by atoms with Gasteiger partial charge in [0.15, 0.2) is 11.5 Å². The van der Waals surface area contributed by atoms with E-state index in [-0.39, 0.29) is 0 Å². The third-order valence-electron chi connectivity index (χ3n) is 3.02. The van der Waals surface area contributed by atoms with Gasteiger partial charge in [-0.15, -0.1) is 0 Å². The molecule has 0 radical (unpaired) electrons. The average molecular weight is 235 g/mol. The first kappa shape index (κ1) is 9.41. The predicted octanol–water partition coefficient (Wildman–Crippen LogP) is 3.48. The summed E-state index contributed by atoms with van der Waals surface area (Å²) in [5.74, 6) is 1.64. The van der Waals surface area contributed by atoms with Gasteiger partial charge in [-0.1, -0.05) is 12.1 Å². The molecule has 1 N–H and O–H groups in total. The molecule has 0 bridgehead atoms. The average Bonchev–Trinajstić information content (AvgIpc) is 2.45. The number of para-hydroxylation sites is 2. The summed E-state index contributed by atoms with van der Waals surface area (Å²) in [5.41, 5.74) is 2.78. The summed E-state index contributed by atoms with van der Waals surface area (Å²) >= 11 is 0. The molecule has 4 nitrogen and oxygen atoms in total. The first-order valence-electron chi connectivity index (χ1n) is 5.68. The van der Waals surface area contributed by atoms with E-state index in [1.54, 1.807) is 12.5 Å². The van der Waals surface area contributed by atoms with E-state index in [1.165, 1.54) is 0 Å². The molecule has 1 aliphatic rings. The van der Waals surface area contributed by atoms with E-state index in [0.717, 1.165) is 33.8 Å². The Kier molecular flexibility index (Phi) is 1.80. The van der Waals surface area contributed by atoms with E-state index < -0.39 is 0 Å². The highest BCUT2D eigenvalue weighted by molar-refractivity contribution is 5.97. The molecule has 3 aromatic rings. The molecule has 0 fully saturated rings. The fourth-order valence-corrected chi connectivity index (χ4v) is 2.16. The van der Waals surface area contributed by atoms with Crippen LogP contribution in [-0.4, -0.2) is 9.97 Å². The lowest BCUT2D eigenvalue weighted by molar-refractivity contribution is 0.482. The summed E-state index contributed by atoms with van der Waals surface area (Å²) < 4.78 is 5.87. The monoisotopic (exact) mass is 235 g/mol. The first-order valence-corrected chi connectivity index (χ1v) is 5.68. The van der Waals surface area contributed by atoms with E-state index >= 15 is 0 Å². The second-order valence-corrected chi connectivity index (χ2v) is 4.12. The van der Waals surface area contributed by atoms with Crippen LogP contribution in [0.1, 0.15) is 0 Å². The molecule has 0 aliphatic carbocycles. The van der Waals surface area contributed by atoms with Gasteiger partial charge in [-0.2, -0.15) is 0 Å². The molecule has 0 atom stereocenters. The molecule has 0 unspecified atom stereocenters. The summed E-state index contributed by atoms with van der Waals surface area (Å²) in [4.78, 5) is 8.31. The fraction of sp³-hybridized carbons (Fsp3) is 0. The minimum atomic E-state index is 0.802. The Morgan fingerprint density at radius 2 is 1.94 bits per heavy atom.